The molecule has 1 aliphatic heterocycles. The number of nitrogens with one attached hydrogen (secondary N) is 1. The smallest absolute Gasteiger partial charge is 0.262 e. The predicted molar refractivity (Wildman–Crippen MR) is 134 cm³/mol. The third kappa shape index (κ3) is 4.97. The molecule has 1 atom stereocenters. The average molecular weight is 484 g/mol. The topological polar surface area (TPSA) is 79.6 Å². The van der Waals surface area contributed by atoms with E-state index in [1.807, 2.05) is 32.2 Å². The van der Waals surface area contributed by atoms with Crippen LogP contribution in [0.4, 0.5) is 10.1 Å². The first kappa shape index (κ1) is 23.9. The van der Waals surface area contributed by atoms with E-state index in [-0.39, 0.29) is 40.9 Å². The summed E-state index contributed by atoms with van der Waals surface area (Å²) in [6.07, 6.45) is 2.76. The predicted octanol–water partition coefficient (Wildman–Crippen LogP) is 4.05. The van der Waals surface area contributed by atoms with Gasteiger partial charge < -0.3 is 10.2 Å². The van der Waals surface area contributed by atoms with Crippen LogP contribution < -0.4 is 15.8 Å². The fourth-order valence-corrected chi connectivity index (χ4v) is 4.30. The Labute approximate surface area is 202 Å². The maximum atomic E-state index is 13.8. The summed E-state index contributed by atoms with van der Waals surface area (Å²) in [5.74, 6) is -0.636. The molecule has 1 N–H and O–H groups in total. The fourth-order valence-electron chi connectivity index (χ4n) is 4.12. The van der Waals surface area contributed by atoms with Gasteiger partial charge in [0, 0.05) is 42.5 Å². The second-order valence-electron chi connectivity index (χ2n) is 8.75. The van der Waals surface area contributed by atoms with Gasteiger partial charge in [0.2, 0.25) is 5.91 Å². The number of halogens is 2. The first-order chi connectivity index (χ1) is 16.2. The molecule has 0 radical (unpaired) electrons. The molecule has 0 saturated carbocycles. The van der Waals surface area contributed by atoms with Crippen molar-refractivity contribution in [3.05, 3.63) is 57.6 Å². The number of carbonyl (C=O) groups excluding carboxylic acids is 1. The first-order valence-corrected chi connectivity index (χ1v) is 11.7. The van der Waals surface area contributed by atoms with Crippen molar-refractivity contribution in [3.63, 3.8) is 0 Å². The Morgan fingerprint density at radius 3 is 2.79 bits per heavy atom. The van der Waals surface area contributed by atoms with Gasteiger partial charge in [-0.25, -0.2) is 9.37 Å². The van der Waals surface area contributed by atoms with E-state index in [9.17, 15) is 14.0 Å². The van der Waals surface area contributed by atoms with Gasteiger partial charge in [-0.05, 0) is 57.2 Å². The van der Waals surface area contributed by atoms with Crippen molar-refractivity contribution in [2.75, 3.05) is 18.0 Å². The molecular weight excluding hydrogens is 457 g/mol. The molecular formula is C25H27ClFN5O2. The molecule has 9 heteroatoms. The van der Waals surface area contributed by atoms with Crippen molar-refractivity contribution in [2.45, 2.75) is 45.8 Å². The molecule has 1 amide bonds. The van der Waals surface area contributed by atoms with Crippen LogP contribution in [0.1, 0.15) is 27.2 Å². The van der Waals surface area contributed by atoms with Gasteiger partial charge in [0.1, 0.15) is 18.2 Å². The number of benzene rings is 2. The Bertz CT molecular complexity index is 1320. The lowest BCUT2D eigenvalue weighted by Crippen LogP contribution is -2.37. The fraction of sp³-hybridized carbons (Fsp3) is 0.360. The number of fused-ring (bicyclic) bond motifs is 1. The zero-order chi connectivity index (χ0) is 24.4. The lowest BCUT2D eigenvalue weighted by atomic mass is 10.1. The SMILES string of the molecule is CC(C)NC(=O)Cn1c(-c2ccc(F)c(Cl)c2)nc2ccc(N3CCN=CCC3C)cc2c1=O. The Kier molecular flexibility index (Phi) is 6.97. The van der Waals surface area contributed by atoms with Crippen LogP contribution in [0.5, 0.6) is 0 Å². The number of hydrogen-bond acceptors (Lipinski definition) is 5. The zero-order valence-electron chi connectivity index (χ0n) is 19.4. The second-order valence-corrected chi connectivity index (χ2v) is 9.15. The van der Waals surface area contributed by atoms with Gasteiger partial charge in [0.25, 0.3) is 5.56 Å². The van der Waals surface area contributed by atoms with Gasteiger partial charge >= 0.3 is 0 Å². The summed E-state index contributed by atoms with van der Waals surface area (Å²) in [6, 6.07) is 9.84. The first-order valence-electron chi connectivity index (χ1n) is 11.3. The molecule has 1 unspecified atom stereocenters. The maximum Gasteiger partial charge on any atom is 0.262 e. The number of carbonyl (C=O) groups is 1. The Morgan fingerprint density at radius 2 is 2.06 bits per heavy atom. The van der Waals surface area contributed by atoms with Gasteiger partial charge in [-0.2, -0.15) is 0 Å². The summed E-state index contributed by atoms with van der Waals surface area (Å²) in [5.41, 5.74) is 1.49. The Morgan fingerprint density at radius 1 is 1.26 bits per heavy atom. The van der Waals surface area contributed by atoms with E-state index in [1.54, 1.807) is 6.07 Å². The molecule has 1 aliphatic rings. The van der Waals surface area contributed by atoms with Gasteiger partial charge in [-0.3, -0.25) is 19.1 Å². The third-order valence-electron chi connectivity index (χ3n) is 5.78. The largest absolute Gasteiger partial charge is 0.367 e. The van der Waals surface area contributed by atoms with Crippen LogP contribution in [-0.4, -0.2) is 46.8 Å². The van der Waals surface area contributed by atoms with Crippen molar-refractivity contribution in [1.82, 2.24) is 14.9 Å². The Hall–Kier alpha value is -3.26. The van der Waals surface area contributed by atoms with Gasteiger partial charge in [-0.1, -0.05) is 11.6 Å². The molecule has 1 aromatic heterocycles. The number of hydrogen-bond donors (Lipinski definition) is 1. The van der Waals surface area contributed by atoms with E-state index < -0.39 is 5.82 Å². The molecule has 0 spiro atoms. The van der Waals surface area contributed by atoms with Crippen molar-refractivity contribution < 1.29 is 9.18 Å². The summed E-state index contributed by atoms with van der Waals surface area (Å²) in [5, 5.41) is 3.13. The maximum absolute atomic E-state index is 13.8. The minimum Gasteiger partial charge on any atom is -0.367 e. The molecule has 3 aromatic rings. The molecule has 0 aliphatic carbocycles. The highest BCUT2D eigenvalue weighted by Crippen LogP contribution is 2.27. The van der Waals surface area contributed by atoms with Crippen molar-refractivity contribution >= 4 is 40.3 Å². The molecule has 4 rings (SSSR count). The highest BCUT2D eigenvalue weighted by molar-refractivity contribution is 6.31. The standard InChI is InChI=1S/C25H27ClFN5O2/c1-15(2)29-23(33)14-32-24(17-4-6-21(27)20(26)12-17)30-22-7-5-18(13-19(22)25(32)34)31-11-10-28-9-8-16(31)3/h4-7,9,12-13,15-16H,8,10-11,14H2,1-3H3,(H,29,33). The van der Waals surface area contributed by atoms with E-state index in [0.29, 0.717) is 23.0 Å². The van der Waals surface area contributed by atoms with E-state index in [0.717, 1.165) is 18.7 Å². The monoisotopic (exact) mass is 483 g/mol. The van der Waals surface area contributed by atoms with Crippen LogP contribution in [0.2, 0.25) is 5.02 Å². The number of nitrogens with zero attached hydrogens (tertiary/aromatic N) is 4. The molecule has 0 fully saturated rings. The molecule has 7 nitrogen and oxygen atoms in total. The van der Waals surface area contributed by atoms with Crippen LogP contribution in [0.3, 0.4) is 0 Å². The normalized spacial score (nSPS) is 16.2. The highest BCUT2D eigenvalue weighted by Gasteiger charge is 2.20. The number of rotatable bonds is 5. The minimum atomic E-state index is -0.571. The van der Waals surface area contributed by atoms with Gasteiger partial charge in [0.05, 0.1) is 22.5 Å². The Balaban J connectivity index is 1.87. The highest BCUT2D eigenvalue weighted by atomic mass is 35.5. The quantitative estimate of drug-likeness (QED) is 0.593. The van der Waals surface area contributed by atoms with Crippen LogP contribution in [-0.2, 0) is 11.3 Å². The molecule has 34 heavy (non-hydrogen) atoms. The molecule has 2 heterocycles. The van der Waals surface area contributed by atoms with Crippen LogP contribution >= 0.6 is 11.6 Å². The molecule has 0 bridgehead atoms. The van der Waals surface area contributed by atoms with Crippen LogP contribution in [0, 0.1) is 5.82 Å². The van der Waals surface area contributed by atoms with Crippen molar-refractivity contribution in [2.24, 2.45) is 4.99 Å². The summed E-state index contributed by atoms with van der Waals surface area (Å²) < 4.78 is 15.1. The van der Waals surface area contributed by atoms with Gasteiger partial charge in [0.15, 0.2) is 0 Å². The van der Waals surface area contributed by atoms with Crippen molar-refractivity contribution in [3.8, 4) is 11.4 Å². The second kappa shape index (κ2) is 9.93. The van der Waals surface area contributed by atoms with E-state index in [1.165, 1.54) is 22.8 Å². The minimum absolute atomic E-state index is 0.0846. The lowest BCUT2D eigenvalue weighted by Gasteiger charge is -2.29. The lowest BCUT2D eigenvalue weighted by molar-refractivity contribution is -0.122. The number of amides is 1. The molecule has 0 saturated heterocycles. The molecule has 178 valence electrons. The van der Waals surface area contributed by atoms with Crippen LogP contribution in [0.25, 0.3) is 22.3 Å². The summed E-state index contributed by atoms with van der Waals surface area (Å²) in [6.45, 7) is 7.02. The van der Waals surface area contributed by atoms with E-state index in [2.05, 4.69) is 22.1 Å². The number of aliphatic imine (C=N–C) groups is 1. The summed E-state index contributed by atoms with van der Waals surface area (Å²) in [4.78, 5) is 37.6. The number of anilines is 1. The van der Waals surface area contributed by atoms with E-state index >= 15 is 0 Å². The number of aromatic nitrogens is 2. The van der Waals surface area contributed by atoms with Crippen LogP contribution in [0.15, 0.2) is 46.2 Å². The van der Waals surface area contributed by atoms with E-state index in [4.69, 9.17) is 16.6 Å². The molecule has 2 aromatic carbocycles. The summed E-state index contributed by atoms with van der Waals surface area (Å²) >= 11 is 6.00. The van der Waals surface area contributed by atoms with Crippen molar-refractivity contribution in [1.29, 1.82) is 0 Å². The summed E-state index contributed by atoms with van der Waals surface area (Å²) in [7, 11) is 0. The zero-order valence-corrected chi connectivity index (χ0v) is 20.1. The van der Waals surface area contributed by atoms with Gasteiger partial charge in [-0.15, -0.1) is 0 Å². The third-order valence-corrected chi connectivity index (χ3v) is 6.07. The average Bonchev–Trinajstić information content (AvgIpc) is 3.01.